The molecule has 0 amide bonds. The van der Waals surface area contributed by atoms with Crippen molar-refractivity contribution in [2.75, 3.05) is 7.05 Å². The Kier molecular flexibility index (Phi) is 4.27. The summed E-state index contributed by atoms with van der Waals surface area (Å²) < 4.78 is 0. The highest BCUT2D eigenvalue weighted by Gasteiger charge is 2.32. The van der Waals surface area contributed by atoms with E-state index in [4.69, 9.17) is 11.6 Å². The highest BCUT2D eigenvalue weighted by molar-refractivity contribution is 6.30. The summed E-state index contributed by atoms with van der Waals surface area (Å²) in [6.07, 6.45) is 3.32. The van der Waals surface area contributed by atoms with Crippen LogP contribution in [0.25, 0.3) is 0 Å². The second kappa shape index (κ2) is 5.73. The number of hydrogen-bond donors (Lipinski definition) is 0. The Bertz CT molecular complexity index is 452. The Morgan fingerprint density at radius 1 is 1.44 bits per heavy atom. The van der Waals surface area contributed by atoms with Gasteiger partial charge in [0, 0.05) is 17.1 Å². The molecule has 0 heterocycles. The molecule has 18 heavy (non-hydrogen) atoms. The predicted octanol–water partition coefficient (Wildman–Crippen LogP) is 4.03. The standard InChI is InChI=1S/C15H19ClN2/c1-11(12-5-3-7-14(16)9-12)18(2)15-8-4-6-13(15)10-17/h3,5,7,9,11,13,15H,4,6,8H2,1-2H3. The van der Waals surface area contributed by atoms with Crippen molar-refractivity contribution in [2.24, 2.45) is 5.92 Å². The van der Waals surface area contributed by atoms with Crippen molar-refractivity contribution < 1.29 is 0 Å². The van der Waals surface area contributed by atoms with Gasteiger partial charge in [0.25, 0.3) is 0 Å². The highest BCUT2D eigenvalue weighted by Crippen LogP contribution is 2.33. The highest BCUT2D eigenvalue weighted by atomic mass is 35.5. The molecule has 3 atom stereocenters. The van der Waals surface area contributed by atoms with Gasteiger partial charge in [0.05, 0.1) is 12.0 Å². The molecule has 1 saturated carbocycles. The van der Waals surface area contributed by atoms with Crippen LogP contribution in [0.2, 0.25) is 5.02 Å². The topological polar surface area (TPSA) is 27.0 Å². The van der Waals surface area contributed by atoms with Crippen molar-refractivity contribution in [3.8, 4) is 6.07 Å². The van der Waals surface area contributed by atoms with Crippen LogP contribution in [0.4, 0.5) is 0 Å². The van der Waals surface area contributed by atoms with Crippen molar-refractivity contribution in [2.45, 2.75) is 38.3 Å². The van der Waals surface area contributed by atoms with Crippen LogP contribution in [0.1, 0.15) is 37.8 Å². The number of halogens is 1. The summed E-state index contributed by atoms with van der Waals surface area (Å²) in [6.45, 7) is 2.18. The number of benzene rings is 1. The molecular formula is C15H19ClN2. The van der Waals surface area contributed by atoms with E-state index >= 15 is 0 Å². The summed E-state index contributed by atoms with van der Waals surface area (Å²) in [5, 5.41) is 9.96. The first-order chi connectivity index (χ1) is 8.63. The lowest BCUT2D eigenvalue weighted by Gasteiger charge is -2.32. The maximum Gasteiger partial charge on any atom is 0.0672 e. The SMILES string of the molecule is CC(c1cccc(Cl)c1)N(C)C1CCCC1C#N. The zero-order chi connectivity index (χ0) is 13.1. The second-order valence-electron chi connectivity index (χ2n) is 5.13. The van der Waals surface area contributed by atoms with E-state index in [1.54, 1.807) is 0 Å². The maximum absolute atomic E-state index is 9.18. The van der Waals surface area contributed by atoms with Gasteiger partial charge in [-0.2, -0.15) is 5.26 Å². The summed E-state index contributed by atoms with van der Waals surface area (Å²) >= 11 is 6.04. The molecule has 1 aromatic carbocycles. The van der Waals surface area contributed by atoms with E-state index in [1.807, 2.05) is 18.2 Å². The van der Waals surface area contributed by atoms with Gasteiger partial charge < -0.3 is 0 Å². The summed E-state index contributed by atoms with van der Waals surface area (Å²) in [5.74, 6) is 0.177. The molecule has 2 rings (SSSR count). The molecule has 0 saturated heterocycles. The predicted molar refractivity (Wildman–Crippen MR) is 74.4 cm³/mol. The van der Waals surface area contributed by atoms with Crippen LogP contribution in [0.15, 0.2) is 24.3 Å². The Hall–Kier alpha value is -1.04. The third-order valence-corrected chi connectivity index (χ3v) is 4.35. The maximum atomic E-state index is 9.18. The minimum absolute atomic E-state index is 0.177. The minimum Gasteiger partial charge on any atom is -0.295 e. The molecule has 0 spiro atoms. The third kappa shape index (κ3) is 2.68. The van der Waals surface area contributed by atoms with E-state index < -0.39 is 0 Å². The number of rotatable bonds is 3. The fourth-order valence-electron chi connectivity index (χ4n) is 2.87. The van der Waals surface area contributed by atoms with Crippen molar-refractivity contribution in [3.05, 3.63) is 34.9 Å². The van der Waals surface area contributed by atoms with Gasteiger partial charge >= 0.3 is 0 Å². The monoisotopic (exact) mass is 262 g/mol. The molecule has 0 N–H and O–H groups in total. The van der Waals surface area contributed by atoms with Crippen molar-refractivity contribution in [1.82, 2.24) is 4.90 Å². The first kappa shape index (κ1) is 13.4. The van der Waals surface area contributed by atoms with Gasteiger partial charge in [-0.05, 0) is 44.5 Å². The largest absolute Gasteiger partial charge is 0.295 e. The van der Waals surface area contributed by atoms with Crippen LogP contribution in [0.5, 0.6) is 0 Å². The quantitative estimate of drug-likeness (QED) is 0.823. The lowest BCUT2D eigenvalue weighted by Crippen LogP contribution is -2.36. The van der Waals surface area contributed by atoms with E-state index in [2.05, 4.69) is 31.0 Å². The molecule has 0 bridgehead atoms. The average Bonchev–Trinajstić information content (AvgIpc) is 2.85. The van der Waals surface area contributed by atoms with Gasteiger partial charge in [0.15, 0.2) is 0 Å². The van der Waals surface area contributed by atoms with Crippen LogP contribution < -0.4 is 0 Å². The van der Waals surface area contributed by atoms with E-state index in [9.17, 15) is 5.26 Å². The third-order valence-electron chi connectivity index (χ3n) is 4.11. The number of hydrogen-bond acceptors (Lipinski definition) is 2. The fraction of sp³-hybridized carbons (Fsp3) is 0.533. The van der Waals surface area contributed by atoms with E-state index in [0.717, 1.165) is 24.3 Å². The summed E-state index contributed by atoms with van der Waals surface area (Å²) in [5.41, 5.74) is 1.22. The molecule has 0 aromatic heterocycles. The molecule has 1 aromatic rings. The normalized spacial score (nSPS) is 25.1. The first-order valence-corrected chi connectivity index (χ1v) is 6.88. The molecule has 96 valence electrons. The first-order valence-electron chi connectivity index (χ1n) is 6.50. The van der Waals surface area contributed by atoms with Gasteiger partial charge in [-0.3, -0.25) is 4.90 Å². The zero-order valence-electron chi connectivity index (χ0n) is 10.9. The van der Waals surface area contributed by atoms with Gasteiger partial charge in [0.1, 0.15) is 0 Å². The van der Waals surface area contributed by atoms with E-state index in [1.165, 1.54) is 5.56 Å². The fourth-order valence-corrected chi connectivity index (χ4v) is 3.07. The lowest BCUT2D eigenvalue weighted by atomic mass is 10.00. The molecule has 3 unspecified atom stereocenters. The van der Waals surface area contributed by atoms with Gasteiger partial charge in [-0.25, -0.2) is 0 Å². The summed E-state index contributed by atoms with van der Waals surface area (Å²) in [7, 11) is 2.12. The molecular weight excluding hydrogens is 244 g/mol. The molecule has 2 nitrogen and oxygen atoms in total. The Labute approximate surface area is 114 Å². The van der Waals surface area contributed by atoms with Crippen LogP contribution >= 0.6 is 11.6 Å². The Morgan fingerprint density at radius 3 is 2.89 bits per heavy atom. The Morgan fingerprint density at radius 2 is 2.22 bits per heavy atom. The number of nitriles is 1. The number of nitrogens with zero attached hydrogens (tertiary/aromatic N) is 2. The van der Waals surface area contributed by atoms with Crippen molar-refractivity contribution >= 4 is 11.6 Å². The van der Waals surface area contributed by atoms with Gasteiger partial charge in [0.2, 0.25) is 0 Å². The van der Waals surface area contributed by atoms with Crippen LogP contribution in [-0.2, 0) is 0 Å². The lowest BCUT2D eigenvalue weighted by molar-refractivity contribution is 0.167. The zero-order valence-corrected chi connectivity index (χ0v) is 11.7. The second-order valence-corrected chi connectivity index (χ2v) is 5.57. The molecule has 1 aliphatic carbocycles. The molecule has 3 heteroatoms. The van der Waals surface area contributed by atoms with Gasteiger partial charge in [-0.15, -0.1) is 0 Å². The van der Waals surface area contributed by atoms with Crippen LogP contribution in [0.3, 0.4) is 0 Å². The van der Waals surface area contributed by atoms with Crippen LogP contribution in [0, 0.1) is 17.2 Å². The molecule has 0 aliphatic heterocycles. The summed E-state index contributed by atoms with van der Waals surface area (Å²) in [4.78, 5) is 2.33. The van der Waals surface area contributed by atoms with Crippen molar-refractivity contribution in [3.63, 3.8) is 0 Å². The average molecular weight is 263 g/mol. The summed E-state index contributed by atoms with van der Waals surface area (Å²) in [6, 6.07) is 11.1. The molecule has 1 fully saturated rings. The molecule has 0 radical (unpaired) electrons. The van der Waals surface area contributed by atoms with Crippen molar-refractivity contribution in [1.29, 1.82) is 5.26 Å². The van der Waals surface area contributed by atoms with Crippen LogP contribution in [-0.4, -0.2) is 18.0 Å². The minimum atomic E-state index is 0.177. The molecule has 1 aliphatic rings. The van der Waals surface area contributed by atoms with E-state index in [-0.39, 0.29) is 5.92 Å². The smallest absolute Gasteiger partial charge is 0.0672 e. The Balaban J connectivity index is 2.13. The van der Waals surface area contributed by atoms with E-state index in [0.29, 0.717) is 12.1 Å². The van der Waals surface area contributed by atoms with Gasteiger partial charge in [-0.1, -0.05) is 30.2 Å².